The largest absolute Gasteiger partial charge is 0.347 e. The second kappa shape index (κ2) is 9.06. The fourth-order valence-corrected chi connectivity index (χ4v) is 2.87. The van der Waals surface area contributed by atoms with Crippen LogP contribution in [0.5, 0.6) is 0 Å². The van der Waals surface area contributed by atoms with Crippen molar-refractivity contribution in [1.82, 2.24) is 5.32 Å². The van der Waals surface area contributed by atoms with Crippen LogP contribution in [0.15, 0.2) is 53.0 Å². The maximum atomic E-state index is 12.0. The van der Waals surface area contributed by atoms with E-state index in [2.05, 4.69) is 45.6 Å². The second-order valence-corrected chi connectivity index (χ2v) is 6.70. The molecule has 2 aromatic rings. The van der Waals surface area contributed by atoms with Gasteiger partial charge < -0.3 is 10.6 Å². The Morgan fingerprint density at radius 1 is 1.22 bits per heavy atom. The first-order valence-electron chi connectivity index (χ1n) is 7.69. The summed E-state index contributed by atoms with van der Waals surface area (Å²) in [5.41, 5.74) is 2.16. The highest BCUT2D eigenvalue weighted by molar-refractivity contribution is 9.10. The number of hydrogen-bond donors (Lipinski definition) is 2. The lowest BCUT2D eigenvalue weighted by molar-refractivity contribution is -0.686. The number of hydrogen-bond acceptors (Lipinski definition) is 1. The lowest BCUT2D eigenvalue weighted by Crippen LogP contribution is -2.87. The number of rotatable bonds is 7. The van der Waals surface area contributed by atoms with Gasteiger partial charge in [0.15, 0.2) is 6.54 Å². The van der Waals surface area contributed by atoms with Crippen molar-refractivity contribution >= 4 is 33.4 Å². The monoisotopic (exact) mass is 395 g/mol. The lowest BCUT2D eigenvalue weighted by atomic mass is 10.0. The smallest absolute Gasteiger partial charge is 0.275 e. The number of halogens is 2. The van der Waals surface area contributed by atoms with Crippen molar-refractivity contribution in [2.45, 2.75) is 25.9 Å². The zero-order valence-electron chi connectivity index (χ0n) is 13.1. The summed E-state index contributed by atoms with van der Waals surface area (Å²) in [4.78, 5) is 12.0. The summed E-state index contributed by atoms with van der Waals surface area (Å²) in [6.07, 6.45) is 0.972. The quantitative estimate of drug-likeness (QED) is 0.740. The van der Waals surface area contributed by atoms with E-state index >= 15 is 0 Å². The van der Waals surface area contributed by atoms with Crippen LogP contribution in [0.2, 0.25) is 5.02 Å². The van der Waals surface area contributed by atoms with Gasteiger partial charge in [0.25, 0.3) is 5.91 Å². The molecule has 23 heavy (non-hydrogen) atoms. The molecule has 0 unspecified atom stereocenters. The highest BCUT2D eigenvalue weighted by atomic mass is 79.9. The second-order valence-electron chi connectivity index (χ2n) is 5.37. The fourth-order valence-electron chi connectivity index (χ4n) is 2.41. The van der Waals surface area contributed by atoms with Crippen LogP contribution in [-0.2, 0) is 11.3 Å². The molecule has 0 aromatic heterocycles. The third-order valence-corrected chi connectivity index (χ3v) is 4.66. The van der Waals surface area contributed by atoms with E-state index in [0.717, 1.165) is 16.5 Å². The Morgan fingerprint density at radius 3 is 2.57 bits per heavy atom. The van der Waals surface area contributed by atoms with Gasteiger partial charge in [0, 0.05) is 28.0 Å². The van der Waals surface area contributed by atoms with Gasteiger partial charge in [0.05, 0.1) is 0 Å². The Balaban J connectivity index is 1.83. The fraction of sp³-hybridized carbons (Fsp3) is 0.278. The van der Waals surface area contributed by atoms with Crippen molar-refractivity contribution in [3.05, 3.63) is 69.2 Å². The molecule has 0 heterocycles. The molecule has 3 N–H and O–H groups in total. The van der Waals surface area contributed by atoms with Crippen LogP contribution in [0.1, 0.15) is 30.5 Å². The number of benzene rings is 2. The molecule has 0 saturated heterocycles. The number of quaternary nitrogens is 1. The highest BCUT2D eigenvalue weighted by Gasteiger charge is 2.14. The third kappa shape index (κ3) is 5.65. The number of carbonyl (C=O) groups excluding carboxylic acids is 1. The Morgan fingerprint density at radius 2 is 1.91 bits per heavy atom. The average Bonchev–Trinajstić information content (AvgIpc) is 2.56. The number of amides is 1. The van der Waals surface area contributed by atoms with E-state index in [-0.39, 0.29) is 11.9 Å². The summed E-state index contributed by atoms with van der Waals surface area (Å²) in [7, 11) is 0. The molecule has 2 rings (SSSR count). The zero-order chi connectivity index (χ0) is 16.7. The molecule has 0 fully saturated rings. The van der Waals surface area contributed by atoms with Gasteiger partial charge in [-0.3, -0.25) is 4.79 Å². The Kier molecular flexibility index (Phi) is 7.09. The molecule has 1 amide bonds. The summed E-state index contributed by atoms with van der Waals surface area (Å²) in [6, 6.07) is 16.1. The zero-order valence-corrected chi connectivity index (χ0v) is 15.4. The predicted octanol–water partition coefficient (Wildman–Crippen LogP) is 3.43. The Hall–Kier alpha value is -1.36. The van der Waals surface area contributed by atoms with Gasteiger partial charge in [-0.1, -0.05) is 64.8 Å². The van der Waals surface area contributed by atoms with E-state index in [1.807, 2.05) is 36.4 Å². The predicted molar refractivity (Wildman–Crippen MR) is 97.3 cm³/mol. The maximum Gasteiger partial charge on any atom is 0.275 e. The molecular formula is C18H21BrClN2O+. The van der Waals surface area contributed by atoms with E-state index in [4.69, 9.17) is 11.6 Å². The van der Waals surface area contributed by atoms with Crippen molar-refractivity contribution in [2.75, 3.05) is 6.54 Å². The minimum Gasteiger partial charge on any atom is -0.347 e. The molecule has 0 radical (unpaired) electrons. The van der Waals surface area contributed by atoms with Gasteiger partial charge in [-0.25, -0.2) is 0 Å². The topological polar surface area (TPSA) is 45.7 Å². The van der Waals surface area contributed by atoms with Crippen LogP contribution in [-0.4, -0.2) is 12.5 Å². The van der Waals surface area contributed by atoms with Gasteiger partial charge >= 0.3 is 0 Å². The first-order chi connectivity index (χ1) is 11.1. The van der Waals surface area contributed by atoms with E-state index < -0.39 is 0 Å². The van der Waals surface area contributed by atoms with Gasteiger partial charge in [-0.2, -0.15) is 0 Å². The molecule has 0 saturated carbocycles. The van der Waals surface area contributed by atoms with E-state index in [9.17, 15) is 4.79 Å². The van der Waals surface area contributed by atoms with Crippen LogP contribution in [0.4, 0.5) is 0 Å². The standard InChI is InChI=1S/C18H20BrClN2O/c1-2-17(13-7-9-15(19)10-8-13)21-12-18(23)22-11-14-5-3-4-6-16(14)20/h3-10,17,21H,2,11-12H2,1H3,(H,22,23)/p+1/t17-/m1/s1. The number of carbonyl (C=O) groups is 1. The molecule has 1 atom stereocenters. The van der Waals surface area contributed by atoms with Crippen LogP contribution < -0.4 is 10.6 Å². The molecule has 0 aliphatic heterocycles. The van der Waals surface area contributed by atoms with Crippen molar-refractivity contribution in [3.63, 3.8) is 0 Å². The summed E-state index contributed by atoms with van der Waals surface area (Å²) in [5, 5.41) is 5.67. The molecule has 2 aromatic carbocycles. The first kappa shape index (κ1) is 18.0. The van der Waals surface area contributed by atoms with E-state index in [1.54, 1.807) is 0 Å². The van der Waals surface area contributed by atoms with Gasteiger partial charge in [-0.15, -0.1) is 0 Å². The molecule has 0 aliphatic carbocycles. The van der Waals surface area contributed by atoms with Crippen LogP contribution >= 0.6 is 27.5 Å². The maximum absolute atomic E-state index is 12.0. The molecule has 0 aliphatic rings. The molecule has 122 valence electrons. The number of nitrogens with one attached hydrogen (secondary N) is 1. The summed E-state index contributed by atoms with van der Waals surface area (Å²) in [6.45, 7) is 2.99. The van der Waals surface area contributed by atoms with Gasteiger partial charge in [-0.05, 0) is 23.8 Å². The Labute approximate surface area is 150 Å². The molecule has 0 bridgehead atoms. The van der Waals surface area contributed by atoms with E-state index in [1.165, 1.54) is 5.56 Å². The van der Waals surface area contributed by atoms with Gasteiger partial charge in [0.2, 0.25) is 0 Å². The van der Waals surface area contributed by atoms with Crippen LogP contribution in [0, 0.1) is 0 Å². The molecule has 5 heteroatoms. The third-order valence-electron chi connectivity index (χ3n) is 3.76. The van der Waals surface area contributed by atoms with Crippen molar-refractivity contribution in [1.29, 1.82) is 0 Å². The summed E-state index contributed by atoms with van der Waals surface area (Å²) >= 11 is 9.53. The van der Waals surface area contributed by atoms with Gasteiger partial charge in [0.1, 0.15) is 6.04 Å². The minimum atomic E-state index is 0.0143. The lowest BCUT2D eigenvalue weighted by Gasteiger charge is -2.14. The molecule has 0 spiro atoms. The van der Waals surface area contributed by atoms with Crippen LogP contribution in [0.25, 0.3) is 0 Å². The Bertz CT molecular complexity index is 646. The molecule has 3 nitrogen and oxygen atoms in total. The van der Waals surface area contributed by atoms with Crippen molar-refractivity contribution in [3.8, 4) is 0 Å². The normalized spacial score (nSPS) is 12.0. The SMILES string of the molecule is CC[C@@H]([NH2+]CC(=O)NCc1ccccc1Cl)c1ccc(Br)cc1. The summed E-state index contributed by atoms with van der Waals surface area (Å²) in [5.74, 6) is 0.0143. The minimum absolute atomic E-state index is 0.0143. The van der Waals surface area contributed by atoms with Crippen molar-refractivity contribution < 1.29 is 10.1 Å². The first-order valence-corrected chi connectivity index (χ1v) is 8.86. The van der Waals surface area contributed by atoms with E-state index in [0.29, 0.717) is 18.1 Å². The average molecular weight is 397 g/mol. The van der Waals surface area contributed by atoms with Crippen LogP contribution in [0.3, 0.4) is 0 Å². The summed E-state index contributed by atoms with van der Waals surface area (Å²) < 4.78 is 1.06. The molecular weight excluding hydrogens is 376 g/mol. The number of nitrogens with two attached hydrogens (primary N) is 1. The van der Waals surface area contributed by atoms with Crippen molar-refractivity contribution in [2.24, 2.45) is 0 Å². The highest BCUT2D eigenvalue weighted by Crippen LogP contribution is 2.16.